The third-order valence-electron chi connectivity index (χ3n) is 4.84. The Bertz CT molecular complexity index is 922. The largest absolute Gasteiger partial charge is 0.365 e. The van der Waals surface area contributed by atoms with Crippen LogP contribution in [0.15, 0.2) is 29.9 Å². The number of hydrogen-bond acceptors (Lipinski definition) is 5. The van der Waals surface area contributed by atoms with Gasteiger partial charge < -0.3 is 5.32 Å². The van der Waals surface area contributed by atoms with E-state index in [0.717, 1.165) is 41.9 Å². The highest BCUT2D eigenvalue weighted by Gasteiger charge is 2.36. The van der Waals surface area contributed by atoms with E-state index in [1.165, 1.54) is 17.7 Å². The van der Waals surface area contributed by atoms with Crippen molar-refractivity contribution in [1.82, 2.24) is 14.9 Å². The molecule has 4 rings (SSSR count). The first-order valence-corrected chi connectivity index (χ1v) is 9.29. The molecule has 26 heavy (non-hydrogen) atoms. The fourth-order valence-corrected chi connectivity index (χ4v) is 4.36. The Hall–Kier alpha value is -2.19. The summed E-state index contributed by atoms with van der Waals surface area (Å²) in [4.78, 5) is 11.6. The molecule has 0 saturated carbocycles. The van der Waals surface area contributed by atoms with E-state index < -0.39 is 17.5 Å². The van der Waals surface area contributed by atoms with Gasteiger partial charge in [0, 0.05) is 12.6 Å². The number of anilines is 1. The zero-order chi connectivity index (χ0) is 18.3. The summed E-state index contributed by atoms with van der Waals surface area (Å²) in [5, 5.41) is 6.27. The van der Waals surface area contributed by atoms with Crippen molar-refractivity contribution in [1.29, 1.82) is 0 Å². The molecular formula is C18H17F3N4S. The highest BCUT2D eigenvalue weighted by molar-refractivity contribution is 7.16. The van der Waals surface area contributed by atoms with Gasteiger partial charge in [0.05, 0.1) is 11.4 Å². The minimum Gasteiger partial charge on any atom is -0.365 e. The molecule has 2 unspecified atom stereocenters. The summed E-state index contributed by atoms with van der Waals surface area (Å²) in [5.74, 6) is -3.06. The van der Waals surface area contributed by atoms with Crippen molar-refractivity contribution in [2.24, 2.45) is 0 Å². The van der Waals surface area contributed by atoms with Gasteiger partial charge in [-0.25, -0.2) is 23.1 Å². The number of halogens is 3. The molecule has 1 aliphatic heterocycles. The average Bonchev–Trinajstić information content (AvgIpc) is 3.26. The minimum absolute atomic E-state index is 0.0998. The predicted octanol–water partition coefficient (Wildman–Crippen LogP) is 4.36. The SMILES string of the molecule is CCN1CCC(Nc2ncnc3sccc23)C1c1cc(F)c(F)c(F)c1. The fourth-order valence-electron chi connectivity index (χ4n) is 3.63. The summed E-state index contributed by atoms with van der Waals surface area (Å²) in [6, 6.07) is 3.75. The highest BCUT2D eigenvalue weighted by Crippen LogP contribution is 2.36. The van der Waals surface area contributed by atoms with Crippen LogP contribution < -0.4 is 5.32 Å². The number of nitrogens with zero attached hydrogens (tertiary/aromatic N) is 3. The van der Waals surface area contributed by atoms with Crippen molar-refractivity contribution in [2.75, 3.05) is 18.4 Å². The number of likely N-dealkylation sites (N-methyl/N-ethyl adjacent to an activating group) is 1. The molecule has 0 spiro atoms. The van der Waals surface area contributed by atoms with E-state index in [4.69, 9.17) is 0 Å². The number of fused-ring (bicyclic) bond motifs is 1. The number of hydrogen-bond donors (Lipinski definition) is 1. The van der Waals surface area contributed by atoms with Gasteiger partial charge in [-0.15, -0.1) is 11.3 Å². The van der Waals surface area contributed by atoms with Crippen molar-refractivity contribution in [2.45, 2.75) is 25.4 Å². The molecule has 1 N–H and O–H groups in total. The lowest BCUT2D eigenvalue weighted by molar-refractivity contribution is 0.263. The second-order valence-electron chi connectivity index (χ2n) is 6.27. The van der Waals surface area contributed by atoms with Gasteiger partial charge in [-0.05, 0) is 42.1 Å². The number of benzene rings is 1. The zero-order valence-corrected chi connectivity index (χ0v) is 14.9. The summed E-state index contributed by atoms with van der Waals surface area (Å²) in [6.45, 7) is 3.49. The molecule has 136 valence electrons. The van der Waals surface area contributed by atoms with E-state index in [2.05, 4.69) is 20.2 Å². The standard InChI is InChI=1S/C18H17F3N4S/c1-2-25-5-3-14(16(25)10-7-12(19)15(21)13(20)8-10)24-17-11-4-6-26-18(11)23-9-22-17/h4,6-9,14,16H,2-3,5H2,1H3,(H,22,23,24). The summed E-state index contributed by atoms with van der Waals surface area (Å²) < 4.78 is 40.9. The lowest BCUT2D eigenvalue weighted by atomic mass is 9.99. The molecule has 1 fully saturated rings. The third kappa shape index (κ3) is 2.93. The maximum atomic E-state index is 13.8. The van der Waals surface area contributed by atoms with Crippen LogP contribution in [-0.2, 0) is 0 Å². The molecule has 0 radical (unpaired) electrons. The Labute approximate surface area is 152 Å². The Kier molecular flexibility index (Phi) is 4.54. The molecule has 3 aromatic rings. The van der Waals surface area contributed by atoms with Crippen LogP contribution in [0.25, 0.3) is 10.2 Å². The minimum atomic E-state index is -1.44. The van der Waals surface area contributed by atoms with Gasteiger partial charge >= 0.3 is 0 Å². The summed E-state index contributed by atoms with van der Waals surface area (Å²) >= 11 is 1.52. The van der Waals surface area contributed by atoms with Crippen LogP contribution in [0.2, 0.25) is 0 Å². The van der Waals surface area contributed by atoms with Gasteiger partial charge in [-0.2, -0.15) is 0 Å². The number of aromatic nitrogens is 2. The molecule has 1 aliphatic rings. The van der Waals surface area contributed by atoms with Crippen molar-refractivity contribution >= 4 is 27.4 Å². The second-order valence-corrected chi connectivity index (χ2v) is 7.17. The van der Waals surface area contributed by atoms with Crippen LogP contribution in [0.3, 0.4) is 0 Å². The second kappa shape index (κ2) is 6.85. The van der Waals surface area contributed by atoms with Crippen molar-refractivity contribution < 1.29 is 13.2 Å². The van der Waals surface area contributed by atoms with Gasteiger partial charge in [0.25, 0.3) is 0 Å². The Balaban J connectivity index is 1.70. The fraction of sp³-hybridized carbons (Fsp3) is 0.333. The highest BCUT2D eigenvalue weighted by atomic mass is 32.1. The van der Waals surface area contributed by atoms with E-state index in [0.29, 0.717) is 11.4 Å². The van der Waals surface area contributed by atoms with E-state index in [9.17, 15) is 13.2 Å². The lowest BCUT2D eigenvalue weighted by Gasteiger charge is -2.28. The summed E-state index contributed by atoms with van der Waals surface area (Å²) in [7, 11) is 0. The quantitative estimate of drug-likeness (QED) is 0.685. The lowest BCUT2D eigenvalue weighted by Crippen LogP contribution is -2.31. The number of thiophene rings is 1. The molecule has 2 atom stereocenters. The molecule has 0 aliphatic carbocycles. The summed E-state index contributed by atoms with van der Waals surface area (Å²) in [5.41, 5.74) is 0.425. The maximum absolute atomic E-state index is 13.8. The molecule has 0 bridgehead atoms. The first-order chi connectivity index (χ1) is 12.6. The summed E-state index contributed by atoms with van der Waals surface area (Å²) in [6.07, 6.45) is 2.29. The molecule has 3 heterocycles. The van der Waals surface area contributed by atoms with E-state index in [-0.39, 0.29) is 12.1 Å². The van der Waals surface area contributed by atoms with E-state index in [1.807, 2.05) is 18.4 Å². The molecule has 0 amide bonds. The van der Waals surface area contributed by atoms with Crippen molar-refractivity contribution in [3.05, 3.63) is 52.9 Å². The first-order valence-electron chi connectivity index (χ1n) is 8.41. The van der Waals surface area contributed by atoms with Crippen LogP contribution in [0.1, 0.15) is 24.9 Å². The van der Waals surface area contributed by atoms with E-state index in [1.54, 1.807) is 0 Å². The average molecular weight is 378 g/mol. The van der Waals surface area contributed by atoms with Crippen LogP contribution >= 0.6 is 11.3 Å². The molecular weight excluding hydrogens is 361 g/mol. The van der Waals surface area contributed by atoms with Gasteiger partial charge in [0.1, 0.15) is 17.0 Å². The topological polar surface area (TPSA) is 41.0 Å². The van der Waals surface area contributed by atoms with Crippen molar-refractivity contribution in [3.8, 4) is 0 Å². The van der Waals surface area contributed by atoms with Crippen LogP contribution in [0.4, 0.5) is 19.0 Å². The van der Waals surface area contributed by atoms with Gasteiger partial charge in [-0.3, -0.25) is 4.90 Å². The van der Waals surface area contributed by atoms with E-state index >= 15 is 0 Å². The normalized spacial score (nSPS) is 20.8. The maximum Gasteiger partial charge on any atom is 0.194 e. The first kappa shape index (κ1) is 17.2. The Morgan fingerprint density at radius 1 is 1.23 bits per heavy atom. The Morgan fingerprint density at radius 2 is 2.00 bits per heavy atom. The molecule has 1 saturated heterocycles. The van der Waals surface area contributed by atoms with Gasteiger partial charge in [0.2, 0.25) is 0 Å². The monoisotopic (exact) mass is 378 g/mol. The number of nitrogens with one attached hydrogen (secondary N) is 1. The van der Waals surface area contributed by atoms with Crippen molar-refractivity contribution in [3.63, 3.8) is 0 Å². The number of likely N-dealkylation sites (tertiary alicyclic amines) is 1. The number of rotatable bonds is 4. The zero-order valence-electron chi connectivity index (χ0n) is 14.0. The molecule has 4 nitrogen and oxygen atoms in total. The third-order valence-corrected chi connectivity index (χ3v) is 5.66. The van der Waals surface area contributed by atoms with Crippen LogP contribution in [-0.4, -0.2) is 34.0 Å². The van der Waals surface area contributed by atoms with Crippen LogP contribution in [0.5, 0.6) is 0 Å². The Morgan fingerprint density at radius 3 is 2.73 bits per heavy atom. The molecule has 2 aromatic heterocycles. The molecule has 1 aromatic carbocycles. The predicted molar refractivity (Wildman–Crippen MR) is 95.7 cm³/mol. The molecule has 8 heteroatoms. The van der Waals surface area contributed by atoms with Gasteiger partial charge in [-0.1, -0.05) is 6.92 Å². The van der Waals surface area contributed by atoms with Crippen LogP contribution in [0, 0.1) is 17.5 Å². The smallest absolute Gasteiger partial charge is 0.194 e. The van der Waals surface area contributed by atoms with Gasteiger partial charge in [0.15, 0.2) is 17.5 Å².